The third-order valence-electron chi connectivity index (χ3n) is 8.70. The Morgan fingerprint density at radius 1 is 0.957 bits per heavy atom. The molecule has 0 spiro atoms. The summed E-state index contributed by atoms with van der Waals surface area (Å²) in [6, 6.07) is 13.3. The van der Waals surface area contributed by atoms with Gasteiger partial charge in [0.2, 0.25) is 11.9 Å². The molecule has 0 N–H and O–H groups in total. The average molecular weight is 667 g/mol. The molecular weight excluding hydrogens is 642 g/mol. The summed E-state index contributed by atoms with van der Waals surface area (Å²) in [5.74, 6) is -6.85. The van der Waals surface area contributed by atoms with E-state index in [2.05, 4.69) is 0 Å². The first-order valence-corrected chi connectivity index (χ1v) is 16.1. The van der Waals surface area contributed by atoms with E-state index >= 15 is 13.3 Å². The highest BCUT2D eigenvalue weighted by molar-refractivity contribution is 7.83. The van der Waals surface area contributed by atoms with Gasteiger partial charge in [-0.25, -0.2) is 26.5 Å². The molecule has 240 valence electrons. The van der Waals surface area contributed by atoms with Crippen LogP contribution in [-0.4, -0.2) is 60.9 Å². The lowest BCUT2D eigenvalue weighted by molar-refractivity contribution is -0.599. The lowest BCUT2D eigenvalue weighted by atomic mass is 9.85. The molecule has 4 aliphatic rings. The molecule has 7 nitrogen and oxygen atoms in total. The minimum atomic E-state index is -3.84. The van der Waals surface area contributed by atoms with Crippen LogP contribution in [0.4, 0.5) is 27.6 Å². The van der Waals surface area contributed by atoms with E-state index in [0.29, 0.717) is 16.7 Å². The van der Waals surface area contributed by atoms with Crippen molar-refractivity contribution >= 4 is 46.8 Å². The summed E-state index contributed by atoms with van der Waals surface area (Å²) in [5, 5.41) is 13.1. The van der Waals surface area contributed by atoms with Crippen LogP contribution in [-0.2, 0) is 14.2 Å². The zero-order valence-electron chi connectivity index (χ0n) is 24.6. The first-order chi connectivity index (χ1) is 22.4. The van der Waals surface area contributed by atoms with Crippen LogP contribution in [0.3, 0.4) is 0 Å². The van der Waals surface area contributed by atoms with E-state index in [0.717, 1.165) is 6.92 Å². The molecule has 7 rings (SSSR count). The van der Waals surface area contributed by atoms with Crippen molar-refractivity contribution in [1.29, 1.82) is 0 Å². The largest absolute Gasteiger partial charge is 0.545 e. The molecule has 47 heavy (non-hydrogen) atoms. The van der Waals surface area contributed by atoms with E-state index in [9.17, 15) is 23.1 Å². The Morgan fingerprint density at radius 2 is 1.62 bits per heavy atom. The van der Waals surface area contributed by atoms with Gasteiger partial charge in [-0.05, 0) is 36.3 Å². The molecule has 1 atom stereocenters. The van der Waals surface area contributed by atoms with Gasteiger partial charge in [0.15, 0.2) is 31.9 Å². The minimum absolute atomic E-state index is 0.104. The number of carbonyl (C=O) groups excluding carboxylic acids is 3. The fraction of sp³-hybridized carbons (Fsp3) is 0.206. The maximum absolute atomic E-state index is 16.1. The highest BCUT2D eigenvalue weighted by Crippen LogP contribution is 2.62. The molecule has 1 aliphatic carbocycles. The standard InChI is InChI=1S/C33H24F5N2O3P.CO2/c1-17-30(36)28(29(33(41)42)32(38)31(17)37)27-23-9-7-20(39-13-18(34)14-39)11-25(23)44(43,22-5-3-2-4-6-22)26-12-21(8-10-24(26)27)40-15-19(35)16-40;2-1-3/h2-12,18-19H,13-16H2,1H3;. The van der Waals surface area contributed by atoms with Crippen molar-refractivity contribution in [2.75, 3.05) is 31.1 Å². The third-order valence-corrected chi connectivity index (χ3v) is 11.8. The second kappa shape index (κ2) is 12.0. The number of hydrogen-bond donors (Lipinski definition) is 0. The summed E-state index contributed by atoms with van der Waals surface area (Å²) in [6.07, 6.45) is 2.91. The van der Waals surface area contributed by atoms with Gasteiger partial charge in [0.1, 0.15) is 12.0 Å². The van der Waals surface area contributed by atoms with Crippen LogP contribution in [0.2, 0.25) is 0 Å². The number of rotatable bonds is 4. The van der Waals surface area contributed by atoms with Crippen molar-refractivity contribution in [2.24, 2.45) is 0 Å². The van der Waals surface area contributed by atoms with E-state index in [4.69, 9.17) is 9.59 Å². The van der Waals surface area contributed by atoms with Crippen LogP contribution in [0.1, 0.15) is 27.0 Å². The number of allylic oxidation sites excluding steroid dienone is 5. The van der Waals surface area contributed by atoms with Gasteiger partial charge in [0, 0.05) is 56.0 Å². The summed E-state index contributed by atoms with van der Waals surface area (Å²) in [6.45, 7) is 1.43. The van der Waals surface area contributed by atoms with Crippen LogP contribution in [0.25, 0.3) is 5.57 Å². The van der Waals surface area contributed by atoms with Crippen molar-refractivity contribution in [3.8, 4) is 0 Å². The van der Waals surface area contributed by atoms with Crippen molar-refractivity contribution < 1.29 is 50.6 Å². The number of halogens is 5. The van der Waals surface area contributed by atoms with E-state index in [1.165, 1.54) is 12.1 Å². The van der Waals surface area contributed by atoms with E-state index in [-0.39, 0.29) is 59.7 Å². The number of aromatic carboxylic acids is 1. The normalized spacial score (nSPS) is 21.4. The predicted octanol–water partition coefficient (Wildman–Crippen LogP) is 3.74. The van der Waals surface area contributed by atoms with E-state index in [1.54, 1.807) is 64.1 Å². The Morgan fingerprint density at radius 3 is 2.21 bits per heavy atom. The zero-order chi connectivity index (χ0) is 33.8. The highest BCUT2D eigenvalue weighted by atomic mass is 31.2. The van der Waals surface area contributed by atoms with E-state index < -0.39 is 59.6 Å². The van der Waals surface area contributed by atoms with Gasteiger partial charge in [-0.1, -0.05) is 36.4 Å². The summed E-state index contributed by atoms with van der Waals surface area (Å²) in [5.41, 5.74) is -1.48. The molecule has 2 saturated heterocycles. The van der Waals surface area contributed by atoms with Gasteiger partial charge in [0.05, 0.1) is 19.1 Å². The fourth-order valence-electron chi connectivity index (χ4n) is 6.31. The Kier molecular flexibility index (Phi) is 8.20. The number of fused-ring (bicyclic) bond motifs is 2. The van der Waals surface area contributed by atoms with Crippen LogP contribution in [0.5, 0.6) is 0 Å². The SMILES string of the molecule is Cc1c(F)c(F)c(C(=O)[O-])c(C2=C3C=CC(=[N+]4CC(F)C4)C=C3P(=O)(c3ccccc3)c3cc(N4CC(F)C4)ccc32)c1F.O=C=O. The first-order valence-electron chi connectivity index (χ1n) is 14.4. The number of hydrogen-bond acceptors (Lipinski definition) is 6. The number of carbonyl (C=O) groups is 1. The van der Waals surface area contributed by atoms with Crippen LogP contribution in [0, 0.1) is 24.4 Å². The molecular formula is C34H24F5N2O5P. The molecule has 3 heterocycles. The number of carboxylic acid groups (broad SMARTS) is 1. The first kappa shape index (κ1) is 32.0. The van der Waals surface area contributed by atoms with Crippen LogP contribution < -0.4 is 20.6 Å². The number of benzene rings is 3. The lowest BCUT2D eigenvalue weighted by Gasteiger charge is -2.39. The summed E-state index contributed by atoms with van der Waals surface area (Å²) < 4.78 is 91.2. The van der Waals surface area contributed by atoms with Crippen molar-refractivity contribution in [2.45, 2.75) is 19.3 Å². The molecule has 0 saturated carbocycles. The Hall–Kier alpha value is -4.92. The smallest absolute Gasteiger partial charge is 0.373 e. The van der Waals surface area contributed by atoms with Crippen molar-refractivity contribution in [3.05, 3.63) is 117 Å². The molecule has 3 aliphatic heterocycles. The summed E-state index contributed by atoms with van der Waals surface area (Å²) in [7, 11) is -3.84. The number of anilines is 1. The summed E-state index contributed by atoms with van der Waals surface area (Å²) in [4.78, 5) is 30.3. The minimum Gasteiger partial charge on any atom is -0.545 e. The van der Waals surface area contributed by atoms with Gasteiger partial charge in [-0.2, -0.15) is 9.59 Å². The molecule has 0 bridgehead atoms. The zero-order valence-corrected chi connectivity index (χ0v) is 25.5. The quantitative estimate of drug-likeness (QED) is 0.182. The number of alkyl halides is 2. The molecule has 3 aromatic rings. The van der Waals surface area contributed by atoms with Gasteiger partial charge < -0.3 is 19.4 Å². The molecule has 2 fully saturated rings. The average Bonchev–Trinajstić information content (AvgIpc) is 3.03. The number of nitrogens with zero attached hydrogens (tertiary/aromatic N) is 2. The molecule has 3 aromatic carbocycles. The predicted molar refractivity (Wildman–Crippen MR) is 160 cm³/mol. The van der Waals surface area contributed by atoms with Gasteiger partial charge in [-0.15, -0.1) is 0 Å². The monoisotopic (exact) mass is 666 g/mol. The highest BCUT2D eigenvalue weighted by Gasteiger charge is 2.45. The topological polar surface area (TPSA) is 97.6 Å². The number of carboxylic acids is 1. The second-order valence-corrected chi connectivity index (χ2v) is 14.1. The van der Waals surface area contributed by atoms with Crippen molar-refractivity contribution in [3.63, 3.8) is 0 Å². The molecule has 0 radical (unpaired) electrons. The fourth-order valence-corrected chi connectivity index (χ4v) is 9.40. The van der Waals surface area contributed by atoms with Gasteiger partial charge in [-0.3, -0.25) is 0 Å². The Bertz CT molecular complexity index is 2050. The van der Waals surface area contributed by atoms with Gasteiger partial charge >= 0.3 is 6.15 Å². The maximum atomic E-state index is 16.1. The molecule has 0 amide bonds. The Labute approximate surface area is 265 Å². The van der Waals surface area contributed by atoms with Gasteiger partial charge in [0.25, 0.3) is 0 Å². The van der Waals surface area contributed by atoms with E-state index in [1.807, 2.05) is 0 Å². The second-order valence-electron chi connectivity index (χ2n) is 11.4. The van der Waals surface area contributed by atoms with Crippen LogP contribution in [0.15, 0.2) is 77.6 Å². The Balaban J connectivity index is 0.00000124. The third kappa shape index (κ3) is 5.08. The maximum Gasteiger partial charge on any atom is 0.373 e. The van der Waals surface area contributed by atoms with Crippen molar-refractivity contribution in [1.82, 2.24) is 0 Å². The molecule has 1 unspecified atom stereocenters. The molecule has 0 aromatic heterocycles. The lowest BCUT2D eigenvalue weighted by Crippen LogP contribution is -2.48. The van der Waals surface area contributed by atoms with Crippen LogP contribution >= 0.6 is 7.14 Å². The molecule has 13 heteroatoms. The summed E-state index contributed by atoms with van der Waals surface area (Å²) >= 11 is 0.